The molecule has 1 atom stereocenters. The number of alkyl halides is 3. The number of halogens is 3. The summed E-state index contributed by atoms with van der Waals surface area (Å²) in [5.74, 6) is 0.0355. The molecule has 0 saturated carbocycles. The first-order valence-corrected chi connectivity index (χ1v) is 14.7. The van der Waals surface area contributed by atoms with Gasteiger partial charge >= 0.3 is 12.1 Å². The van der Waals surface area contributed by atoms with Gasteiger partial charge in [-0.1, -0.05) is 50.8 Å². The summed E-state index contributed by atoms with van der Waals surface area (Å²) in [7, 11) is 0. The van der Waals surface area contributed by atoms with Crippen LogP contribution in [-0.2, 0) is 15.7 Å². The van der Waals surface area contributed by atoms with Crippen molar-refractivity contribution in [2.75, 3.05) is 13.2 Å². The van der Waals surface area contributed by atoms with Gasteiger partial charge in [0.1, 0.15) is 11.4 Å². The maximum Gasteiger partial charge on any atom is 0.416 e. The van der Waals surface area contributed by atoms with E-state index >= 15 is 0 Å². The van der Waals surface area contributed by atoms with Crippen molar-refractivity contribution < 1.29 is 32.2 Å². The number of esters is 1. The standard InChI is InChI=1S/C34H41F3N2O4/c1-5-6-7-8-9-27(26-14-19-30(39-22-26)24-10-15-28(16-11-24)34(35,36)37)23-42-29-17-12-25(13-18-29)32(41)38-21-20-31(40)43-33(2,3)4/h10-19,22,27H,5-9,20-21,23H2,1-4H3,(H,38,41). The largest absolute Gasteiger partial charge is 0.493 e. The fourth-order valence-electron chi connectivity index (χ4n) is 4.48. The van der Waals surface area contributed by atoms with Crippen molar-refractivity contribution in [2.24, 2.45) is 0 Å². The van der Waals surface area contributed by atoms with Crippen LogP contribution in [0.5, 0.6) is 5.75 Å². The molecule has 0 fully saturated rings. The highest BCUT2D eigenvalue weighted by Crippen LogP contribution is 2.31. The number of benzene rings is 2. The van der Waals surface area contributed by atoms with E-state index in [2.05, 4.69) is 17.2 Å². The zero-order valence-corrected chi connectivity index (χ0v) is 25.3. The number of aromatic nitrogens is 1. The second-order valence-corrected chi connectivity index (χ2v) is 11.5. The number of unbranched alkanes of at least 4 members (excludes halogenated alkanes) is 3. The molecular formula is C34H41F3N2O4. The molecule has 0 aliphatic heterocycles. The summed E-state index contributed by atoms with van der Waals surface area (Å²) in [4.78, 5) is 28.9. The molecule has 0 radical (unpaired) electrons. The number of amides is 1. The number of pyridine rings is 1. The second kappa shape index (κ2) is 15.5. The van der Waals surface area contributed by atoms with Crippen molar-refractivity contribution in [2.45, 2.75) is 83.9 Å². The van der Waals surface area contributed by atoms with E-state index in [1.54, 1.807) is 51.2 Å². The van der Waals surface area contributed by atoms with Crippen molar-refractivity contribution in [3.8, 4) is 17.0 Å². The lowest BCUT2D eigenvalue weighted by Crippen LogP contribution is -2.29. The number of nitrogens with one attached hydrogen (secondary N) is 1. The molecule has 0 spiro atoms. The Morgan fingerprint density at radius 1 is 0.907 bits per heavy atom. The van der Waals surface area contributed by atoms with Gasteiger partial charge < -0.3 is 14.8 Å². The van der Waals surface area contributed by atoms with Gasteiger partial charge in [-0.05, 0) is 75.2 Å². The smallest absolute Gasteiger partial charge is 0.416 e. The first kappa shape index (κ1) is 33.6. The minimum Gasteiger partial charge on any atom is -0.493 e. The van der Waals surface area contributed by atoms with E-state index in [0.717, 1.165) is 49.8 Å². The van der Waals surface area contributed by atoms with Crippen LogP contribution >= 0.6 is 0 Å². The number of nitrogens with zero attached hydrogens (tertiary/aromatic N) is 1. The van der Waals surface area contributed by atoms with Gasteiger partial charge in [-0.15, -0.1) is 0 Å². The molecule has 3 rings (SSSR count). The fraction of sp³-hybridized carbons (Fsp3) is 0.441. The summed E-state index contributed by atoms with van der Waals surface area (Å²) in [5.41, 5.74) is 1.40. The first-order valence-electron chi connectivity index (χ1n) is 14.7. The zero-order chi connectivity index (χ0) is 31.5. The summed E-state index contributed by atoms with van der Waals surface area (Å²) in [6.45, 7) is 8.13. The third-order valence-electron chi connectivity index (χ3n) is 6.77. The monoisotopic (exact) mass is 598 g/mol. The predicted molar refractivity (Wildman–Crippen MR) is 161 cm³/mol. The van der Waals surface area contributed by atoms with E-state index in [0.29, 0.717) is 29.2 Å². The molecule has 1 unspecified atom stereocenters. The minimum atomic E-state index is -4.38. The molecule has 1 heterocycles. The normalized spacial score (nSPS) is 12.4. The Hall–Kier alpha value is -3.88. The predicted octanol–water partition coefficient (Wildman–Crippen LogP) is 8.36. The highest BCUT2D eigenvalue weighted by Gasteiger charge is 2.30. The lowest BCUT2D eigenvalue weighted by atomic mass is 9.94. The molecule has 3 aromatic rings. The van der Waals surface area contributed by atoms with Crippen LogP contribution in [0, 0.1) is 0 Å². The van der Waals surface area contributed by atoms with Crippen LogP contribution in [0.2, 0.25) is 0 Å². The lowest BCUT2D eigenvalue weighted by molar-refractivity contribution is -0.154. The second-order valence-electron chi connectivity index (χ2n) is 11.5. The molecule has 0 aliphatic carbocycles. The Morgan fingerprint density at radius 2 is 1.60 bits per heavy atom. The van der Waals surface area contributed by atoms with Crippen molar-refractivity contribution in [3.05, 3.63) is 83.6 Å². The molecule has 0 saturated heterocycles. The zero-order valence-electron chi connectivity index (χ0n) is 25.3. The summed E-state index contributed by atoms with van der Waals surface area (Å²) in [5, 5.41) is 2.73. The van der Waals surface area contributed by atoms with Crippen molar-refractivity contribution >= 4 is 11.9 Å². The first-order chi connectivity index (χ1) is 20.4. The molecule has 6 nitrogen and oxygen atoms in total. The van der Waals surface area contributed by atoms with Crippen LogP contribution in [0.4, 0.5) is 13.2 Å². The Kier molecular flexibility index (Phi) is 12.2. The van der Waals surface area contributed by atoms with Crippen LogP contribution in [0.25, 0.3) is 11.3 Å². The number of carbonyl (C=O) groups excluding carboxylic acids is 2. The topological polar surface area (TPSA) is 77.5 Å². The van der Waals surface area contributed by atoms with Gasteiger partial charge in [-0.3, -0.25) is 14.6 Å². The van der Waals surface area contributed by atoms with Crippen molar-refractivity contribution in [1.82, 2.24) is 10.3 Å². The van der Waals surface area contributed by atoms with Gasteiger partial charge in [0.05, 0.1) is 24.3 Å². The number of ether oxygens (including phenoxy) is 2. The molecule has 0 bridgehead atoms. The third-order valence-corrected chi connectivity index (χ3v) is 6.77. The van der Waals surface area contributed by atoms with Crippen LogP contribution in [0.1, 0.15) is 93.6 Å². The molecule has 232 valence electrons. The summed E-state index contributed by atoms with van der Waals surface area (Å²) in [6.07, 6.45) is 2.81. The Labute approximate surface area is 252 Å². The fourth-order valence-corrected chi connectivity index (χ4v) is 4.48. The molecule has 0 aliphatic rings. The Balaban J connectivity index is 1.59. The van der Waals surface area contributed by atoms with E-state index in [-0.39, 0.29) is 30.8 Å². The maximum atomic E-state index is 12.9. The van der Waals surface area contributed by atoms with Gasteiger partial charge in [-0.2, -0.15) is 13.2 Å². The van der Waals surface area contributed by atoms with Gasteiger partial charge in [0.15, 0.2) is 0 Å². The van der Waals surface area contributed by atoms with Crippen LogP contribution in [-0.4, -0.2) is 35.6 Å². The van der Waals surface area contributed by atoms with Gasteiger partial charge in [0, 0.05) is 29.8 Å². The van der Waals surface area contributed by atoms with Crippen LogP contribution < -0.4 is 10.1 Å². The Morgan fingerprint density at radius 3 is 2.19 bits per heavy atom. The molecule has 9 heteroatoms. The number of rotatable bonds is 14. The number of hydrogen-bond acceptors (Lipinski definition) is 5. The average Bonchev–Trinajstić information content (AvgIpc) is 2.96. The molecular weight excluding hydrogens is 557 g/mol. The minimum absolute atomic E-state index is 0.0711. The van der Waals surface area contributed by atoms with Gasteiger partial charge in [-0.25, -0.2) is 0 Å². The molecule has 2 aromatic carbocycles. The molecule has 1 amide bonds. The molecule has 1 N–H and O–H groups in total. The highest BCUT2D eigenvalue weighted by atomic mass is 19.4. The molecule has 1 aromatic heterocycles. The van der Waals surface area contributed by atoms with Gasteiger partial charge in [0.25, 0.3) is 5.91 Å². The quantitative estimate of drug-likeness (QED) is 0.149. The van der Waals surface area contributed by atoms with Gasteiger partial charge in [0.2, 0.25) is 0 Å². The van der Waals surface area contributed by atoms with E-state index in [4.69, 9.17) is 9.47 Å². The number of carbonyl (C=O) groups is 2. The summed E-state index contributed by atoms with van der Waals surface area (Å²) < 4.78 is 50.1. The maximum absolute atomic E-state index is 12.9. The van der Waals surface area contributed by atoms with Crippen LogP contribution in [0.15, 0.2) is 66.9 Å². The highest BCUT2D eigenvalue weighted by molar-refractivity contribution is 5.94. The molecule has 43 heavy (non-hydrogen) atoms. The van der Waals surface area contributed by atoms with Crippen molar-refractivity contribution in [3.63, 3.8) is 0 Å². The van der Waals surface area contributed by atoms with Crippen molar-refractivity contribution in [1.29, 1.82) is 0 Å². The average molecular weight is 599 g/mol. The summed E-state index contributed by atoms with van der Waals surface area (Å²) >= 11 is 0. The van der Waals surface area contributed by atoms with E-state index in [1.807, 2.05) is 12.1 Å². The van der Waals surface area contributed by atoms with Crippen LogP contribution in [0.3, 0.4) is 0 Å². The van der Waals surface area contributed by atoms with E-state index < -0.39 is 17.3 Å². The lowest BCUT2D eigenvalue weighted by Gasteiger charge is -2.19. The third kappa shape index (κ3) is 11.4. The SMILES string of the molecule is CCCCCCC(COc1ccc(C(=O)NCCC(=O)OC(C)(C)C)cc1)c1ccc(-c2ccc(C(F)(F)F)cc2)nc1. The van der Waals surface area contributed by atoms with E-state index in [1.165, 1.54) is 12.1 Å². The number of hydrogen-bond donors (Lipinski definition) is 1. The van der Waals surface area contributed by atoms with E-state index in [9.17, 15) is 22.8 Å². The Bertz CT molecular complexity index is 1300. The summed E-state index contributed by atoms with van der Waals surface area (Å²) in [6, 6.07) is 15.6.